The standard InChI is InChI=1S/C25H25N3O/c29-25(23-14-22(23)21-5-3-12-26-16-21)27-15-18-7-9-19(10-8-18)17-28-13-11-20-4-1-2-6-24(20)28/h1-10,12,16,22-23H,11,13-15,17H2,(H,27,29)/t22-,23+/m0/s1. The van der Waals surface area contributed by atoms with Crippen molar-refractivity contribution in [1.82, 2.24) is 10.3 Å². The molecule has 2 atom stereocenters. The van der Waals surface area contributed by atoms with Gasteiger partial charge in [0.05, 0.1) is 0 Å². The SMILES string of the molecule is O=C(NCc1ccc(CN2CCc3ccccc32)cc1)[C@@H]1C[C@H]1c1cccnc1. The van der Waals surface area contributed by atoms with Gasteiger partial charge in [-0.05, 0) is 53.1 Å². The number of aromatic nitrogens is 1. The number of nitrogens with one attached hydrogen (secondary N) is 1. The van der Waals surface area contributed by atoms with Gasteiger partial charge in [0.25, 0.3) is 0 Å². The molecule has 0 saturated heterocycles. The molecular weight excluding hydrogens is 358 g/mol. The lowest BCUT2D eigenvalue weighted by Gasteiger charge is -2.19. The van der Waals surface area contributed by atoms with E-state index in [1.807, 2.05) is 12.3 Å². The van der Waals surface area contributed by atoms with E-state index in [-0.39, 0.29) is 11.8 Å². The Labute approximate surface area is 171 Å². The van der Waals surface area contributed by atoms with E-state index in [9.17, 15) is 4.79 Å². The topological polar surface area (TPSA) is 45.2 Å². The average molecular weight is 383 g/mol. The predicted molar refractivity (Wildman–Crippen MR) is 115 cm³/mol. The van der Waals surface area contributed by atoms with Gasteiger partial charge in [0, 0.05) is 43.6 Å². The highest BCUT2D eigenvalue weighted by Crippen LogP contribution is 2.47. The van der Waals surface area contributed by atoms with Crippen LogP contribution < -0.4 is 10.2 Å². The number of pyridine rings is 1. The Bertz CT molecular complexity index is 1000. The minimum absolute atomic E-state index is 0.0914. The molecule has 3 aromatic rings. The first kappa shape index (κ1) is 17.9. The van der Waals surface area contributed by atoms with Gasteiger partial charge < -0.3 is 10.2 Å². The lowest BCUT2D eigenvalue weighted by atomic mass is 10.1. The first-order valence-corrected chi connectivity index (χ1v) is 10.4. The van der Waals surface area contributed by atoms with Crippen LogP contribution >= 0.6 is 0 Å². The summed E-state index contributed by atoms with van der Waals surface area (Å²) in [5.74, 6) is 0.569. The lowest BCUT2D eigenvalue weighted by molar-refractivity contribution is -0.122. The molecule has 5 rings (SSSR count). The second-order valence-electron chi connectivity index (χ2n) is 8.07. The van der Waals surface area contributed by atoms with E-state index >= 15 is 0 Å². The fourth-order valence-corrected chi connectivity index (χ4v) is 4.32. The first-order valence-electron chi connectivity index (χ1n) is 10.4. The van der Waals surface area contributed by atoms with Crippen LogP contribution in [0.2, 0.25) is 0 Å². The monoisotopic (exact) mass is 383 g/mol. The Balaban J connectivity index is 1.13. The van der Waals surface area contributed by atoms with E-state index in [4.69, 9.17) is 0 Å². The van der Waals surface area contributed by atoms with Crippen LogP contribution in [0.3, 0.4) is 0 Å². The van der Waals surface area contributed by atoms with Gasteiger partial charge in [0.15, 0.2) is 0 Å². The molecule has 4 nitrogen and oxygen atoms in total. The van der Waals surface area contributed by atoms with Crippen molar-refractivity contribution < 1.29 is 4.79 Å². The van der Waals surface area contributed by atoms with Crippen LogP contribution in [0.15, 0.2) is 73.1 Å². The van der Waals surface area contributed by atoms with Crippen LogP contribution in [-0.4, -0.2) is 17.4 Å². The fourth-order valence-electron chi connectivity index (χ4n) is 4.32. The number of para-hydroxylation sites is 1. The van der Waals surface area contributed by atoms with E-state index < -0.39 is 0 Å². The van der Waals surface area contributed by atoms with Gasteiger partial charge in [0.2, 0.25) is 5.91 Å². The summed E-state index contributed by atoms with van der Waals surface area (Å²) in [6, 6.07) is 21.3. The Morgan fingerprint density at radius 1 is 1.03 bits per heavy atom. The number of rotatable bonds is 6. The minimum Gasteiger partial charge on any atom is -0.367 e. The van der Waals surface area contributed by atoms with Gasteiger partial charge in [-0.1, -0.05) is 48.5 Å². The number of carbonyl (C=O) groups excluding carboxylic acids is 1. The molecular formula is C25H25N3O. The van der Waals surface area contributed by atoms with Crippen molar-refractivity contribution in [2.45, 2.75) is 31.8 Å². The molecule has 1 aliphatic heterocycles. The Hall–Kier alpha value is -3.14. The quantitative estimate of drug-likeness (QED) is 0.698. The van der Waals surface area contributed by atoms with E-state index in [0.29, 0.717) is 12.5 Å². The highest BCUT2D eigenvalue weighted by atomic mass is 16.2. The van der Waals surface area contributed by atoms with Crippen LogP contribution in [0.4, 0.5) is 5.69 Å². The van der Waals surface area contributed by atoms with E-state index in [0.717, 1.165) is 31.5 Å². The second kappa shape index (κ2) is 7.70. The van der Waals surface area contributed by atoms with Crippen LogP contribution in [-0.2, 0) is 24.3 Å². The Kier molecular flexibility index (Phi) is 4.76. The smallest absolute Gasteiger partial charge is 0.224 e. The third-order valence-electron chi connectivity index (χ3n) is 6.09. The molecule has 1 aliphatic carbocycles. The number of benzene rings is 2. The summed E-state index contributed by atoms with van der Waals surface area (Å²) in [5, 5.41) is 3.10. The zero-order valence-corrected chi connectivity index (χ0v) is 16.4. The molecule has 2 aliphatic rings. The maximum absolute atomic E-state index is 12.4. The van der Waals surface area contributed by atoms with Gasteiger partial charge in [-0.2, -0.15) is 0 Å². The summed E-state index contributed by atoms with van der Waals surface area (Å²) in [6.45, 7) is 2.59. The predicted octanol–water partition coefficient (Wildman–Crippen LogP) is 4.06. The molecule has 146 valence electrons. The number of hydrogen-bond donors (Lipinski definition) is 1. The zero-order chi connectivity index (χ0) is 19.6. The van der Waals surface area contributed by atoms with Crippen molar-refractivity contribution in [3.05, 3.63) is 95.3 Å². The molecule has 2 heterocycles. The second-order valence-corrected chi connectivity index (χ2v) is 8.07. The average Bonchev–Trinajstić information content (AvgIpc) is 3.49. The third kappa shape index (κ3) is 3.88. The summed E-state index contributed by atoms with van der Waals surface area (Å²) in [7, 11) is 0. The minimum atomic E-state index is 0.0914. The summed E-state index contributed by atoms with van der Waals surface area (Å²) >= 11 is 0. The summed E-state index contributed by atoms with van der Waals surface area (Å²) in [4.78, 5) is 19.0. The van der Waals surface area contributed by atoms with Crippen molar-refractivity contribution in [2.75, 3.05) is 11.4 Å². The van der Waals surface area contributed by atoms with Crippen molar-refractivity contribution >= 4 is 11.6 Å². The lowest BCUT2D eigenvalue weighted by Crippen LogP contribution is -2.25. The van der Waals surface area contributed by atoms with Crippen molar-refractivity contribution in [2.24, 2.45) is 5.92 Å². The summed E-state index contributed by atoms with van der Waals surface area (Å²) in [6.07, 6.45) is 5.69. The van der Waals surface area contributed by atoms with E-state index in [2.05, 4.69) is 69.8 Å². The number of hydrogen-bond acceptors (Lipinski definition) is 3. The number of amides is 1. The molecule has 0 unspecified atom stereocenters. The fraction of sp³-hybridized carbons (Fsp3) is 0.280. The van der Waals surface area contributed by atoms with Gasteiger partial charge in [0.1, 0.15) is 0 Å². The van der Waals surface area contributed by atoms with Crippen molar-refractivity contribution in [3.8, 4) is 0 Å². The number of nitrogens with zero attached hydrogens (tertiary/aromatic N) is 2. The highest BCUT2D eigenvalue weighted by Gasteiger charge is 2.43. The van der Waals surface area contributed by atoms with Gasteiger partial charge in [-0.15, -0.1) is 0 Å². The molecule has 0 bridgehead atoms. The zero-order valence-electron chi connectivity index (χ0n) is 16.4. The normalized spacial score (nSPS) is 19.7. The maximum Gasteiger partial charge on any atom is 0.224 e. The largest absolute Gasteiger partial charge is 0.367 e. The maximum atomic E-state index is 12.4. The summed E-state index contributed by atoms with van der Waals surface area (Å²) in [5.41, 5.74) is 6.41. The molecule has 2 aromatic carbocycles. The van der Waals surface area contributed by atoms with Gasteiger partial charge >= 0.3 is 0 Å². The molecule has 0 radical (unpaired) electrons. The van der Waals surface area contributed by atoms with Crippen LogP contribution in [0, 0.1) is 5.92 Å². The third-order valence-corrected chi connectivity index (χ3v) is 6.09. The molecule has 29 heavy (non-hydrogen) atoms. The molecule has 1 saturated carbocycles. The summed E-state index contributed by atoms with van der Waals surface area (Å²) < 4.78 is 0. The molecule has 1 amide bonds. The Morgan fingerprint density at radius 2 is 1.86 bits per heavy atom. The van der Waals surface area contributed by atoms with Crippen molar-refractivity contribution in [1.29, 1.82) is 0 Å². The van der Waals surface area contributed by atoms with Gasteiger partial charge in [-0.3, -0.25) is 9.78 Å². The molecule has 1 fully saturated rings. The van der Waals surface area contributed by atoms with Crippen molar-refractivity contribution in [3.63, 3.8) is 0 Å². The number of carbonyl (C=O) groups is 1. The number of anilines is 1. The van der Waals surface area contributed by atoms with E-state index in [1.54, 1.807) is 6.20 Å². The highest BCUT2D eigenvalue weighted by molar-refractivity contribution is 5.82. The van der Waals surface area contributed by atoms with Crippen LogP contribution in [0.5, 0.6) is 0 Å². The Morgan fingerprint density at radius 3 is 2.69 bits per heavy atom. The molecule has 0 spiro atoms. The molecule has 1 aromatic heterocycles. The van der Waals surface area contributed by atoms with Crippen LogP contribution in [0.1, 0.15) is 34.6 Å². The first-order chi connectivity index (χ1) is 14.3. The molecule has 4 heteroatoms. The van der Waals surface area contributed by atoms with Crippen LogP contribution in [0.25, 0.3) is 0 Å². The van der Waals surface area contributed by atoms with E-state index in [1.165, 1.54) is 22.4 Å². The molecule has 1 N–H and O–H groups in total. The number of fused-ring (bicyclic) bond motifs is 1. The van der Waals surface area contributed by atoms with Gasteiger partial charge in [-0.25, -0.2) is 0 Å².